The number of hydrogen-bond acceptors (Lipinski definition) is 4. The number of fused-ring (bicyclic) bond motifs is 1. The summed E-state index contributed by atoms with van der Waals surface area (Å²) in [5.74, 6) is 1.34. The normalized spacial score (nSPS) is 12.5. The zero-order valence-electron chi connectivity index (χ0n) is 16.5. The lowest BCUT2D eigenvalue weighted by Crippen LogP contribution is -2.24. The molecule has 0 saturated carbocycles. The molecular formula is C23H19FN4O3. The fourth-order valence-corrected chi connectivity index (χ4v) is 3.47. The number of nitrogens with one attached hydrogen (secondary N) is 1. The van der Waals surface area contributed by atoms with Crippen molar-refractivity contribution in [3.63, 3.8) is 0 Å². The summed E-state index contributed by atoms with van der Waals surface area (Å²) in [6, 6.07) is 15.3. The van der Waals surface area contributed by atoms with Gasteiger partial charge in [0.15, 0.2) is 17.3 Å². The van der Waals surface area contributed by atoms with E-state index in [-0.39, 0.29) is 11.7 Å². The first kappa shape index (κ1) is 18.9. The maximum Gasteiger partial charge on any atom is 0.256 e. The molecule has 1 aliphatic rings. The van der Waals surface area contributed by atoms with E-state index >= 15 is 0 Å². The van der Waals surface area contributed by atoms with Crippen LogP contribution in [0.3, 0.4) is 0 Å². The van der Waals surface area contributed by atoms with E-state index in [1.54, 1.807) is 21.4 Å². The van der Waals surface area contributed by atoms with Gasteiger partial charge in [0.2, 0.25) is 0 Å². The zero-order valence-corrected chi connectivity index (χ0v) is 16.5. The van der Waals surface area contributed by atoms with Gasteiger partial charge in [-0.05, 0) is 54.1 Å². The average molecular weight is 418 g/mol. The maximum atomic E-state index is 13.4. The third-order valence-electron chi connectivity index (χ3n) is 4.97. The Balaban J connectivity index is 1.42. The van der Waals surface area contributed by atoms with Crippen molar-refractivity contribution in [2.45, 2.75) is 6.54 Å². The minimum atomic E-state index is -0.337. The lowest BCUT2D eigenvalue weighted by molar-refractivity contribution is 0.0950. The number of rotatable bonds is 5. The molecule has 2 aromatic heterocycles. The summed E-state index contributed by atoms with van der Waals surface area (Å²) in [5, 5.41) is 7.32. The van der Waals surface area contributed by atoms with Crippen LogP contribution in [0.15, 0.2) is 73.2 Å². The molecule has 0 saturated heterocycles. The first-order valence-electron chi connectivity index (χ1n) is 9.83. The van der Waals surface area contributed by atoms with Crippen molar-refractivity contribution in [1.82, 2.24) is 19.7 Å². The Labute approximate surface area is 177 Å². The molecule has 7 nitrogen and oxygen atoms in total. The Kier molecular flexibility index (Phi) is 4.87. The molecule has 1 N–H and O–H groups in total. The molecule has 5 rings (SSSR count). The Hall–Kier alpha value is -4.07. The van der Waals surface area contributed by atoms with Crippen LogP contribution in [-0.2, 0) is 6.54 Å². The fourth-order valence-electron chi connectivity index (χ4n) is 3.47. The highest BCUT2D eigenvalue weighted by molar-refractivity contribution is 5.97. The van der Waals surface area contributed by atoms with Gasteiger partial charge in [0.25, 0.3) is 5.91 Å². The van der Waals surface area contributed by atoms with Gasteiger partial charge in [0.05, 0.1) is 11.9 Å². The number of carbonyl (C=O) groups is 1. The summed E-state index contributed by atoms with van der Waals surface area (Å²) >= 11 is 0. The van der Waals surface area contributed by atoms with E-state index in [0.29, 0.717) is 48.3 Å². The SMILES string of the molecule is O=C(NCc1ccc2c(c1)OCCO2)c1cnn(-c2ccc(F)cc2)c1-n1cccc1. The molecule has 0 aliphatic carbocycles. The van der Waals surface area contributed by atoms with Crippen LogP contribution in [0.25, 0.3) is 11.5 Å². The summed E-state index contributed by atoms with van der Waals surface area (Å²) in [4.78, 5) is 13.0. The molecule has 0 radical (unpaired) electrons. The van der Waals surface area contributed by atoms with Crippen LogP contribution in [0.2, 0.25) is 0 Å². The van der Waals surface area contributed by atoms with Crippen LogP contribution >= 0.6 is 0 Å². The molecule has 0 bridgehead atoms. The number of hydrogen-bond donors (Lipinski definition) is 1. The Bertz CT molecular complexity index is 1220. The average Bonchev–Trinajstić information content (AvgIpc) is 3.47. The van der Waals surface area contributed by atoms with Crippen molar-refractivity contribution in [1.29, 1.82) is 0 Å². The van der Waals surface area contributed by atoms with E-state index in [1.165, 1.54) is 18.3 Å². The van der Waals surface area contributed by atoms with Gasteiger partial charge >= 0.3 is 0 Å². The first-order valence-corrected chi connectivity index (χ1v) is 9.83. The molecule has 4 aromatic rings. The quantitative estimate of drug-likeness (QED) is 0.539. The zero-order chi connectivity index (χ0) is 21.2. The van der Waals surface area contributed by atoms with Gasteiger partial charge in [-0.3, -0.25) is 4.79 Å². The number of ether oxygens (including phenoxy) is 2. The fraction of sp³-hybridized carbons (Fsp3) is 0.130. The summed E-state index contributed by atoms with van der Waals surface area (Å²) < 4.78 is 27.9. The highest BCUT2D eigenvalue weighted by Crippen LogP contribution is 2.30. The molecular weight excluding hydrogens is 399 g/mol. The van der Waals surface area contributed by atoms with E-state index in [2.05, 4.69) is 10.4 Å². The van der Waals surface area contributed by atoms with Crippen LogP contribution in [0, 0.1) is 5.82 Å². The van der Waals surface area contributed by atoms with Gasteiger partial charge in [-0.2, -0.15) is 5.10 Å². The Morgan fingerprint density at radius 3 is 2.55 bits per heavy atom. The minimum absolute atomic E-state index is 0.271. The smallest absolute Gasteiger partial charge is 0.256 e. The Morgan fingerprint density at radius 2 is 1.77 bits per heavy atom. The third kappa shape index (κ3) is 3.75. The van der Waals surface area contributed by atoms with Crippen molar-refractivity contribution in [2.75, 3.05) is 13.2 Å². The van der Waals surface area contributed by atoms with E-state index in [4.69, 9.17) is 9.47 Å². The first-order chi connectivity index (χ1) is 15.2. The molecule has 1 aliphatic heterocycles. The summed E-state index contributed by atoms with van der Waals surface area (Å²) in [5.41, 5.74) is 1.94. The number of halogens is 1. The summed E-state index contributed by atoms with van der Waals surface area (Å²) in [6.45, 7) is 1.36. The van der Waals surface area contributed by atoms with E-state index in [0.717, 1.165) is 5.56 Å². The van der Waals surface area contributed by atoms with Crippen molar-refractivity contribution in [2.24, 2.45) is 0 Å². The number of nitrogens with zero attached hydrogens (tertiary/aromatic N) is 3. The highest BCUT2D eigenvalue weighted by Gasteiger charge is 2.20. The second kappa shape index (κ2) is 7.98. The van der Waals surface area contributed by atoms with Gasteiger partial charge in [-0.25, -0.2) is 9.07 Å². The maximum absolute atomic E-state index is 13.4. The van der Waals surface area contributed by atoms with Gasteiger partial charge in [-0.1, -0.05) is 6.07 Å². The second-order valence-electron chi connectivity index (χ2n) is 7.02. The van der Waals surface area contributed by atoms with Crippen molar-refractivity contribution in [3.05, 3.63) is 90.1 Å². The molecule has 0 fully saturated rings. The van der Waals surface area contributed by atoms with Gasteiger partial charge in [0.1, 0.15) is 24.6 Å². The van der Waals surface area contributed by atoms with Crippen molar-refractivity contribution < 1.29 is 18.7 Å². The molecule has 156 valence electrons. The topological polar surface area (TPSA) is 70.3 Å². The standard InChI is InChI=1S/C23H19FN4O3/c24-17-4-6-18(7-5-17)28-23(27-9-1-2-10-27)19(15-26-28)22(29)25-14-16-3-8-20-21(13-16)31-12-11-30-20/h1-10,13,15H,11-12,14H2,(H,25,29). The van der Waals surface area contributed by atoms with Crippen LogP contribution < -0.4 is 14.8 Å². The van der Waals surface area contributed by atoms with E-state index in [9.17, 15) is 9.18 Å². The highest BCUT2D eigenvalue weighted by atomic mass is 19.1. The predicted molar refractivity (Wildman–Crippen MR) is 111 cm³/mol. The van der Waals surface area contributed by atoms with Crippen molar-refractivity contribution in [3.8, 4) is 23.0 Å². The number of benzene rings is 2. The van der Waals surface area contributed by atoms with Crippen LogP contribution in [-0.4, -0.2) is 33.5 Å². The molecule has 2 aromatic carbocycles. The third-order valence-corrected chi connectivity index (χ3v) is 4.97. The van der Waals surface area contributed by atoms with Crippen LogP contribution in [0.5, 0.6) is 11.5 Å². The minimum Gasteiger partial charge on any atom is -0.486 e. The van der Waals surface area contributed by atoms with Crippen LogP contribution in [0.4, 0.5) is 4.39 Å². The van der Waals surface area contributed by atoms with Crippen LogP contribution in [0.1, 0.15) is 15.9 Å². The number of aromatic nitrogens is 3. The van der Waals surface area contributed by atoms with Gasteiger partial charge in [0, 0.05) is 18.9 Å². The molecule has 1 amide bonds. The van der Waals surface area contributed by atoms with Gasteiger partial charge in [-0.15, -0.1) is 0 Å². The summed E-state index contributed by atoms with van der Waals surface area (Å²) in [7, 11) is 0. The summed E-state index contributed by atoms with van der Waals surface area (Å²) in [6.07, 6.45) is 5.17. The van der Waals surface area contributed by atoms with E-state index in [1.807, 2.05) is 42.7 Å². The predicted octanol–water partition coefficient (Wildman–Crippen LogP) is 3.50. The molecule has 0 unspecified atom stereocenters. The number of amides is 1. The number of carbonyl (C=O) groups excluding carboxylic acids is 1. The molecule has 0 atom stereocenters. The molecule has 31 heavy (non-hydrogen) atoms. The lowest BCUT2D eigenvalue weighted by Gasteiger charge is -2.19. The molecule has 0 spiro atoms. The molecule has 8 heteroatoms. The lowest BCUT2D eigenvalue weighted by atomic mass is 10.2. The van der Waals surface area contributed by atoms with E-state index < -0.39 is 0 Å². The largest absolute Gasteiger partial charge is 0.486 e. The van der Waals surface area contributed by atoms with Crippen molar-refractivity contribution >= 4 is 5.91 Å². The Morgan fingerprint density at radius 1 is 1.03 bits per heavy atom. The second-order valence-corrected chi connectivity index (χ2v) is 7.02. The monoisotopic (exact) mass is 418 g/mol. The molecule has 3 heterocycles. The van der Waals surface area contributed by atoms with Gasteiger partial charge < -0.3 is 19.4 Å².